The summed E-state index contributed by atoms with van der Waals surface area (Å²) in [5, 5.41) is 20.4. The number of fused-ring (bicyclic) bond motifs is 1. The van der Waals surface area contributed by atoms with Gasteiger partial charge in [0, 0.05) is 35.3 Å². The molecule has 0 saturated heterocycles. The molecule has 0 saturated carbocycles. The number of aromatic nitrogens is 2. The molecular weight excluding hydrogens is 418 g/mol. The molecule has 0 aliphatic heterocycles. The van der Waals surface area contributed by atoms with Gasteiger partial charge in [0.05, 0.1) is 24.5 Å². The Balaban J connectivity index is 2.26. The molecule has 33 heavy (non-hydrogen) atoms. The van der Waals surface area contributed by atoms with Gasteiger partial charge in [-0.25, -0.2) is 9.78 Å². The highest BCUT2D eigenvalue weighted by Crippen LogP contribution is 2.39. The Hall–Kier alpha value is -3.53. The van der Waals surface area contributed by atoms with E-state index in [9.17, 15) is 15.2 Å². The second-order valence-electron chi connectivity index (χ2n) is 8.01. The summed E-state index contributed by atoms with van der Waals surface area (Å²) >= 11 is 0. The van der Waals surface area contributed by atoms with E-state index in [2.05, 4.69) is 13.0 Å². The second-order valence-corrected chi connectivity index (χ2v) is 8.01. The molecule has 0 unspecified atom stereocenters. The van der Waals surface area contributed by atoms with Crippen molar-refractivity contribution in [1.29, 1.82) is 5.26 Å². The summed E-state index contributed by atoms with van der Waals surface area (Å²) in [6, 6.07) is 8.07. The van der Waals surface area contributed by atoms with Gasteiger partial charge in [-0.1, -0.05) is 39.7 Å². The van der Waals surface area contributed by atoms with E-state index in [-0.39, 0.29) is 11.4 Å². The number of ether oxygens (including phenoxy) is 2. The summed E-state index contributed by atoms with van der Waals surface area (Å²) in [5.74, 6) is -0.723. The number of carboxylic acids is 1. The molecule has 0 amide bonds. The van der Waals surface area contributed by atoms with E-state index >= 15 is 0 Å². The molecule has 0 fully saturated rings. The maximum atomic E-state index is 12.2. The van der Waals surface area contributed by atoms with Crippen LogP contribution < -0.4 is 9.47 Å². The molecule has 0 aliphatic rings. The number of rotatable bonds is 11. The van der Waals surface area contributed by atoms with E-state index in [1.165, 1.54) is 0 Å². The number of carboxylic acid groups (broad SMARTS) is 1. The number of nitriles is 1. The second kappa shape index (κ2) is 10.9. The molecular formula is C26H31N3O4. The number of hydrogen-bond donors (Lipinski definition) is 1. The molecule has 2 aromatic heterocycles. The fourth-order valence-corrected chi connectivity index (χ4v) is 3.86. The Morgan fingerprint density at radius 2 is 1.85 bits per heavy atom. The lowest BCUT2D eigenvalue weighted by molar-refractivity contribution is 0.0685. The number of pyridine rings is 1. The molecule has 0 radical (unpaired) electrons. The van der Waals surface area contributed by atoms with Crippen LogP contribution in [0.15, 0.2) is 24.4 Å². The zero-order valence-electron chi connectivity index (χ0n) is 19.8. The van der Waals surface area contributed by atoms with Crippen molar-refractivity contribution in [3.8, 4) is 29.0 Å². The largest absolute Gasteiger partial charge is 0.492 e. The number of aryl methyl sites for hydroxylation is 1. The standard InChI is InChI=1S/C26H31N3O4/c1-5-8-12-32-24-19(7-3)23(28-25(22(24)26(30)31)33-13-9-6-2)17-10-11-21-20(14-17)18(15-27)16-29(21)4/h10-11,14,16H,5-9,12-13H2,1-4H3,(H,30,31). The van der Waals surface area contributed by atoms with Gasteiger partial charge in [0.25, 0.3) is 0 Å². The molecule has 0 spiro atoms. The zero-order chi connectivity index (χ0) is 24.0. The van der Waals surface area contributed by atoms with Crippen LogP contribution >= 0.6 is 0 Å². The fourth-order valence-electron chi connectivity index (χ4n) is 3.86. The van der Waals surface area contributed by atoms with E-state index in [0.717, 1.165) is 47.7 Å². The van der Waals surface area contributed by atoms with Gasteiger partial charge >= 0.3 is 5.97 Å². The zero-order valence-corrected chi connectivity index (χ0v) is 19.8. The quantitative estimate of drug-likeness (QED) is 0.375. The van der Waals surface area contributed by atoms with Crippen molar-refractivity contribution in [3.63, 3.8) is 0 Å². The van der Waals surface area contributed by atoms with Gasteiger partial charge in [0.2, 0.25) is 5.88 Å². The lowest BCUT2D eigenvalue weighted by Gasteiger charge is -2.20. The predicted molar refractivity (Wildman–Crippen MR) is 128 cm³/mol. The Morgan fingerprint density at radius 1 is 1.15 bits per heavy atom. The van der Waals surface area contributed by atoms with Crippen molar-refractivity contribution < 1.29 is 19.4 Å². The summed E-state index contributed by atoms with van der Waals surface area (Å²) in [7, 11) is 1.90. The van der Waals surface area contributed by atoms with Crippen LogP contribution in [0.25, 0.3) is 22.2 Å². The van der Waals surface area contributed by atoms with Crippen LogP contribution in [-0.2, 0) is 13.5 Å². The number of carbonyl (C=O) groups is 1. The van der Waals surface area contributed by atoms with Crippen molar-refractivity contribution in [2.45, 2.75) is 52.9 Å². The third kappa shape index (κ3) is 4.95. The SMILES string of the molecule is CCCCOc1nc(-c2ccc3c(c2)c(C#N)cn3C)c(CC)c(OCCCC)c1C(=O)O. The van der Waals surface area contributed by atoms with E-state index in [1.807, 2.05) is 43.7 Å². The minimum Gasteiger partial charge on any atom is -0.492 e. The topological polar surface area (TPSA) is 97.4 Å². The van der Waals surface area contributed by atoms with Crippen molar-refractivity contribution in [2.75, 3.05) is 13.2 Å². The van der Waals surface area contributed by atoms with E-state index in [0.29, 0.717) is 36.6 Å². The molecule has 0 atom stereocenters. The minimum absolute atomic E-state index is 0.0266. The highest BCUT2D eigenvalue weighted by molar-refractivity contribution is 5.96. The van der Waals surface area contributed by atoms with Crippen LogP contribution in [0.3, 0.4) is 0 Å². The van der Waals surface area contributed by atoms with Crippen LogP contribution in [0.4, 0.5) is 0 Å². The highest BCUT2D eigenvalue weighted by Gasteiger charge is 2.27. The fraction of sp³-hybridized carbons (Fsp3) is 0.423. The molecule has 3 rings (SSSR count). The molecule has 1 N–H and O–H groups in total. The third-order valence-electron chi connectivity index (χ3n) is 5.65. The number of benzene rings is 1. The first-order chi connectivity index (χ1) is 16.0. The number of unbranched alkanes of at least 4 members (excludes halogenated alkanes) is 2. The minimum atomic E-state index is -1.12. The van der Waals surface area contributed by atoms with Crippen LogP contribution in [0, 0.1) is 11.3 Å². The monoisotopic (exact) mass is 449 g/mol. The molecule has 3 aromatic rings. The average Bonchev–Trinajstić information content (AvgIpc) is 3.13. The van der Waals surface area contributed by atoms with Gasteiger partial charge in [-0.3, -0.25) is 0 Å². The van der Waals surface area contributed by atoms with Crippen LogP contribution in [-0.4, -0.2) is 33.8 Å². The summed E-state index contributed by atoms with van der Waals surface area (Å²) in [5.41, 5.74) is 3.62. The highest BCUT2D eigenvalue weighted by atomic mass is 16.5. The summed E-state index contributed by atoms with van der Waals surface area (Å²) in [6.07, 6.45) is 5.80. The average molecular weight is 450 g/mol. The van der Waals surface area contributed by atoms with Gasteiger partial charge in [0.1, 0.15) is 11.8 Å². The van der Waals surface area contributed by atoms with Gasteiger partial charge in [-0.05, 0) is 31.4 Å². The molecule has 7 nitrogen and oxygen atoms in total. The lowest BCUT2D eigenvalue weighted by Crippen LogP contribution is -2.13. The number of hydrogen-bond acceptors (Lipinski definition) is 5. The van der Waals surface area contributed by atoms with E-state index in [4.69, 9.17) is 14.5 Å². The summed E-state index contributed by atoms with van der Waals surface area (Å²) in [4.78, 5) is 16.9. The van der Waals surface area contributed by atoms with Crippen molar-refractivity contribution in [2.24, 2.45) is 7.05 Å². The van der Waals surface area contributed by atoms with Crippen molar-refractivity contribution in [3.05, 3.63) is 41.1 Å². The first kappa shape index (κ1) is 24.1. The molecule has 174 valence electrons. The molecule has 1 aromatic carbocycles. The molecule has 7 heteroatoms. The number of nitrogens with zero attached hydrogens (tertiary/aromatic N) is 3. The first-order valence-electron chi connectivity index (χ1n) is 11.5. The Morgan fingerprint density at radius 3 is 2.45 bits per heavy atom. The van der Waals surface area contributed by atoms with Crippen molar-refractivity contribution >= 4 is 16.9 Å². The molecule has 0 aliphatic carbocycles. The van der Waals surface area contributed by atoms with Crippen molar-refractivity contribution in [1.82, 2.24) is 9.55 Å². The first-order valence-corrected chi connectivity index (χ1v) is 11.5. The maximum absolute atomic E-state index is 12.2. The van der Waals surface area contributed by atoms with Crippen LogP contribution in [0.1, 0.15) is 67.9 Å². The normalized spacial score (nSPS) is 10.9. The van der Waals surface area contributed by atoms with Crippen LogP contribution in [0.5, 0.6) is 11.6 Å². The van der Waals surface area contributed by atoms with Gasteiger partial charge in [-0.2, -0.15) is 5.26 Å². The van der Waals surface area contributed by atoms with Gasteiger partial charge in [-0.15, -0.1) is 0 Å². The number of aromatic carboxylic acids is 1. The predicted octanol–water partition coefficient (Wildman–Crippen LogP) is 5.73. The maximum Gasteiger partial charge on any atom is 0.345 e. The Bertz CT molecular complexity index is 1190. The van der Waals surface area contributed by atoms with Gasteiger partial charge < -0.3 is 19.1 Å². The van der Waals surface area contributed by atoms with Gasteiger partial charge in [0.15, 0.2) is 5.56 Å². The van der Waals surface area contributed by atoms with E-state index < -0.39 is 5.97 Å². The third-order valence-corrected chi connectivity index (χ3v) is 5.65. The Labute approximate surface area is 194 Å². The lowest BCUT2D eigenvalue weighted by atomic mass is 9.98. The van der Waals surface area contributed by atoms with Crippen LogP contribution in [0.2, 0.25) is 0 Å². The molecule has 2 heterocycles. The summed E-state index contributed by atoms with van der Waals surface area (Å²) in [6.45, 7) is 6.85. The Kier molecular flexibility index (Phi) is 7.94. The van der Waals surface area contributed by atoms with E-state index in [1.54, 1.807) is 6.20 Å². The summed E-state index contributed by atoms with van der Waals surface area (Å²) < 4.78 is 13.8. The smallest absolute Gasteiger partial charge is 0.345 e. The molecule has 0 bridgehead atoms.